The van der Waals surface area contributed by atoms with Crippen LogP contribution in [0, 0.1) is 0 Å². The summed E-state index contributed by atoms with van der Waals surface area (Å²) in [5, 5.41) is 13.1. The van der Waals surface area contributed by atoms with E-state index in [0.717, 1.165) is 32.1 Å². The minimum atomic E-state index is -0.515. The first-order chi connectivity index (χ1) is 10.0. The van der Waals surface area contributed by atoms with E-state index in [2.05, 4.69) is 60.0 Å². The zero-order chi connectivity index (χ0) is 15.7. The van der Waals surface area contributed by atoms with Crippen LogP contribution in [0.1, 0.15) is 32.6 Å². The Morgan fingerprint density at radius 3 is 2.43 bits per heavy atom. The summed E-state index contributed by atoms with van der Waals surface area (Å²) in [6.07, 6.45) is 4.22. The van der Waals surface area contributed by atoms with Crippen molar-refractivity contribution in [2.75, 3.05) is 25.1 Å². The molecule has 1 aromatic rings. The summed E-state index contributed by atoms with van der Waals surface area (Å²) in [6, 6.07) is 3.92. The van der Waals surface area contributed by atoms with Crippen molar-refractivity contribution in [3.63, 3.8) is 0 Å². The van der Waals surface area contributed by atoms with Crippen molar-refractivity contribution >= 4 is 53.5 Å². The Morgan fingerprint density at radius 2 is 1.81 bits per heavy atom. The van der Waals surface area contributed by atoms with Gasteiger partial charge >= 0.3 is 0 Å². The monoisotopic (exact) mass is 485 g/mol. The summed E-state index contributed by atoms with van der Waals surface area (Å²) in [6.45, 7) is 3.73. The van der Waals surface area contributed by atoms with Crippen LogP contribution in [0.3, 0.4) is 0 Å². The quantitative estimate of drug-likeness (QED) is 0.437. The lowest BCUT2D eigenvalue weighted by atomic mass is 10.2. The van der Waals surface area contributed by atoms with Crippen molar-refractivity contribution in [3.05, 3.63) is 25.6 Å². The largest absolute Gasteiger partial charge is 0.389 e. The SMILES string of the molecule is CCCCCCOCC(O)CNc1c(Br)cc(Br)cc1Br. The number of ether oxygens (including phenoxy) is 1. The summed E-state index contributed by atoms with van der Waals surface area (Å²) in [5.74, 6) is 0. The van der Waals surface area contributed by atoms with Gasteiger partial charge in [-0.3, -0.25) is 0 Å². The van der Waals surface area contributed by atoms with E-state index in [1.54, 1.807) is 0 Å². The van der Waals surface area contributed by atoms with E-state index < -0.39 is 6.10 Å². The molecule has 1 atom stereocenters. The number of hydrogen-bond acceptors (Lipinski definition) is 3. The predicted octanol–water partition coefficient (Wildman–Crippen LogP) is 5.34. The van der Waals surface area contributed by atoms with Gasteiger partial charge in [0, 0.05) is 26.6 Å². The number of unbranched alkanes of at least 4 members (excludes halogenated alkanes) is 3. The molecule has 3 nitrogen and oxygen atoms in total. The van der Waals surface area contributed by atoms with Gasteiger partial charge in [-0.05, 0) is 50.4 Å². The van der Waals surface area contributed by atoms with Gasteiger partial charge in [-0.2, -0.15) is 0 Å². The molecule has 0 fully saturated rings. The van der Waals surface area contributed by atoms with E-state index in [1.807, 2.05) is 12.1 Å². The molecule has 6 heteroatoms. The van der Waals surface area contributed by atoms with Crippen LogP contribution in [-0.2, 0) is 4.74 Å². The lowest BCUT2D eigenvalue weighted by Gasteiger charge is -2.15. The van der Waals surface area contributed by atoms with E-state index in [0.29, 0.717) is 13.2 Å². The highest BCUT2D eigenvalue weighted by Gasteiger charge is 2.09. The molecule has 1 aromatic carbocycles. The molecule has 0 aromatic heterocycles. The third kappa shape index (κ3) is 7.98. The number of nitrogens with one attached hydrogen (secondary N) is 1. The molecule has 0 heterocycles. The predicted molar refractivity (Wildman–Crippen MR) is 99.0 cm³/mol. The highest BCUT2D eigenvalue weighted by molar-refractivity contribution is 9.11. The van der Waals surface area contributed by atoms with Crippen molar-refractivity contribution in [3.8, 4) is 0 Å². The Morgan fingerprint density at radius 1 is 1.14 bits per heavy atom. The summed E-state index contributed by atoms with van der Waals surface area (Å²) >= 11 is 10.4. The van der Waals surface area contributed by atoms with Crippen molar-refractivity contribution in [2.24, 2.45) is 0 Å². The topological polar surface area (TPSA) is 41.5 Å². The average molecular weight is 488 g/mol. The molecule has 1 unspecified atom stereocenters. The molecule has 0 radical (unpaired) electrons. The van der Waals surface area contributed by atoms with Crippen LogP contribution in [-0.4, -0.2) is 31.0 Å². The Kier molecular flexibility index (Phi) is 10.2. The van der Waals surface area contributed by atoms with Crippen LogP contribution in [0.4, 0.5) is 5.69 Å². The van der Waals surface area contributed by atoms with E-state index in [9.17, 15) is 5.11 Å². The van der Waals surface area contributed by atoms with Gasteiger partial charge in [-0.25, -0.2) is 0 Å². The normalized spacial score (nSPS) is 12.4. The summed E-state index contributed by atoms with van der Waals surface area (Å²) in [7, 11) is 0. The molecular formula is C15H22Br3NO2. The number of rotatable bonds is 10. The lowest BCUT2D eigenvalue weighted by molar-refractivity contribution is 0.0416. The van der Waals surface area contributed by atoms with Gasteiger partial charge in [0.1, 0.15) is 0 Å². The van der Waals surface area contributed by atoms with Gasteiger partial charge in [-0.1, -0.05) is 42.1 Å². The molecule has 0 spiro atoms. The molecule has 120 valence electrons. The summed E-state index contributed by atoms with van der Waals surface area (Å²) < 4.78 is 8.36. The Labute approximate surface area is 152 Å². The summed E-state index contributed by atoms with van der Waals surface area (Å²) in [4.78, 5) is 0. The number of hydrogen-bond donors (Lipinski definition) is 2. The van der Waals surface area contributed by atoms with Gasteiger partial charge in [0.15, 0.2) is 0 Å². The second-order valence-electron chi connectivity index (χ2n) is 4.91. The molecule has 0 aliphatic rings. The first kappa shape index (κ1) is 19.4. The number of anilines is 1. The standard InChI is InChI=1S/C15H22Br3NO2/c1-2-3-4-5-6-21-10-12(20)9-19-15-13(17)7-11(16)8-14(15)18/h7-8,12,19-20H,2-6,9-10H2,1H3. The number of benzene rings is 1. The zero-order valence-electron chi connectivity index (χ0n) is 12.2. The van der Waals surface area contributed by atoms with Crippen LogP contribution < -0.4 is 5.32 Å². The van der Waals surface area contributed by atoms with Crippen LogP contribution in [0.5, 0.6) is 0 Å². The van der Waals surface area contributed by atoms with E-state index in [4.69, 9.17) is 4.74 Å². The lowest BCUT2D eigenvalue weighted by Crippen LogP contribution is -2.25. The fourth-order valence-electron chi connectivity index (χ4n) is 1.84. The maximum Gasteiger partial charge on any atom is 0.0945 e. The molecule has 0 amide bonds. The fourth-order valence-corrected chi connectivity index (χ4v) is 4.38. The van der Waals surface area contributed by atoms with E-state index >= 15 is 0 Å². The first-order valence-electron chi connectivity index (χ1n) is 7.18. The molecule has 0 saturated carbocycles. The third-order valence-corrected chi connectivity index (χ3v) is 4.68. The third-order valence-electron chi connectivity index (χ3n) is 2.97. The smallest absolute Gasteiger partial charge is 0.0945 e. The minimum absolute atomic E-state index is 0.366. The maximum absolute atomic E-state index is 9.92. The second-order valence-corrected chi connectivity index (χ2v) is 7.54. The Bertz CT molecular complexity index is 406. The van der Waals surface area contributed by atoms with Gasteiger partial charge in [0.2, 0.25) is 0 Å². The molecule has 0 aliphatic carbocycles. The Balaban J connectivity index is 2.25. The van der Waals surface area contributed by atoms with E-state index in [-0.39, 0.29) is 0 Å². The summed E-state index contributed by atoms with van der Waals surface area (Å²) in [5.41, 5.74) is 0.931. The average Bonchev–Trinajstić information content (AvgIpc) is 2.41. The molecule has 21 heavy (non-hydrogen) atoms. The number of aliphatic hydroxyl groups is 1. The number of aliphatic hydroxyl groups excluding tert-OH is 1. The molecule has 1 rings (SSSR count). The van der Waals surface area contributed by atoms with Crippen molar-refractivity contribution in [1.29, 1.82) is 0 Å². The maximum atomic E-state index is 9.92. The van der Waals surface area contributed by atoms with Crippen molar-refractivity contribution < 1.29 is 9.84 Å². The van der Waals surface area contributed by atoms with Gasteiger partial charge in [0.25, 0.3) is 0 Å². The fraction of sp³-hybridized carbons (Fsp3) is 0.600. The molecule has 2 N–H and O–H groups in total. The van der Waals surface area contributed by atoms with Gasteiger partial charge in [0.05, 0.1) is 18.4 Å². The van der Waals surface area contributed by atoms with E-state index in [1.165, 1.54) is 19.3 Å². The molecule has 0 aliphatic heterocycles. The second kappa shape index (κ2) is 11.0. The van der Waals surface area contributed by atoms with Gasteiger partial charge < -0.3 is 15.2 Å². The molecule has 0 bridgehead atoms. The van der Waals surface area contributed by atoms with Gasteiger partial charge in [-0.15, -0.1) is 0 Å². The Hall–Kier alpha value is 0.380. The van der Waals surface area contributed by atoms with Crippen LogP contribution in [0.15, 0.2) is 25.6 Å². The zero-order valence-corrected chi connectivity index (χ0v) is 16.9. The van der Waals surface area contributed by atoms with Crippen LogP contribution in [0.2, 0.25) is 0 Å². The molecule has 0 saturated heterocycles. The highest BCUT2D eigenvalue weighted by Crippen LogP contribution is 2.34. The first-order valence-corrected chi connectivity index (χ1v) is 9.56. The van der Waals surface area contributed by atoms with Crippen LogP contribution in [0.25, 0.3) is 0 Å². The highest BCUT2D eigenvalue weighted by atomic mass is 79.9. The van der Waals surface area contributed by atoms with Crippen molar-refractivity contribution in [1.82, 2.24) is 0 Å². The minimum Gasteiger partial charge on any atom is -0.389 e. The van der Waals surface area contributed by atoms with Crippen LogP contribution >= 0.6 is 47.8 Å². The van der Waals surface area contributed by atoms with Crippen molar-refractivity contribution in [2.45, 2.75) is 38.7 Å². The number of halogens is 3. The molecular weight excluding hydrogens is 466 g/mol.